The molecule has 0 bridgehead atoms. The van der Waals surface area contributed by atoms with Crippen LogP contribution in [0.5, 0.6) is 0 Å². The third-order valence-corrected chi connectivity index (χ3v) is 4.64. The van der Waals surface area contributed by atoms with Crippen LogP contribution in [0.2, 0.25) is 10.0 Å². The first-order chi connectivity index (χ1) is 8.56. The van der Waals surface area contributed by atoms with Crippen molar-refractivity contribution in [1.82, 2.24) is 0 Å². The Morgan fingerprint density at radius 3 is 2.50 bits per heavy atom. The number of rotatable bonds is 3. The molecule has 0 aliphatic heterocycles. The van der Waals surface area contributed by atoms with Crippen molar-refractivity contribution < 1.29 is 5.11 Å². The first kappa shape index (κ1) is 14.2. The Balaban J connectivity index is 1.96. The van der Waals surface area contributed by atoms with E-state index in [1.54, 1.807) is 6.07 Å². The molecule has 0 saturated heterocycles. The van der Waals surface area contributed by atoms with Crippen molar-refractivity contribution in [2.24, 2.45) is 11.8 Å². The van der Waals surface area contributed by atoms with Crippen LogP contribution in [0.3, 0.4) is 0 Å². The molecule has 0 aromatic heterocycles. The minimum absolute atomic E-state index is 0.281. The highest BCUT2D eigenvalue weighted by Crippen LogP contribution is 2.32. The summed E-state index contributed by atoms with van der Waals surface area (Å²) in [5, 5.41) is 11.6. The second-order valence-corrected chi connectivity index (χ2v) is 6.37. The zero-order valence-corrected chi connectivity index (χ0v) is 12.2. The zero-order chi connectivity index (χ0) is 13.1. The van der Waals surface area contributed by atoms with Crippen molar-refractivity contribution >= 4 is 23.2 Å². The fraction of sp³-hybridized carbons (Fsp3) is 0.600. The molecule has 1 fully saturated rings. The van der Waals surface area contributed by atoms with E-state index in [-0.39, 0.29) is 6.10 Å². The first-order valence-electron chi connectivity index (χ1n) is 6.68. The molecule has 0 amide bonds. The van der Waals surface area contributed by atoms with Gasteiger partial charge in [0, 0.05) is 16.5 Å². The molecule has 1 unspecified atom stereocenters. The van der Waals surface area contributed by atoms with Gasteiger partial charge in [-0.05, 0) is 42.4 Å². The zero-order valence-electron chi connectivity index (χ0n) is 10.7. The quantitative estimate of drug-likeness (QED) is 0.852. The molecule has 0 heterocycles. The van der Waals surface area contributed by atoms with Crippen molar-refractivity contribution in [2.75, 3.05) is 0 Å². The Morgan fingerprint density at radius 1 is 1.22 bits per heavy atom. The lowest BCUT2D eigenvalue weighted by molar-refractivity contribution is 0.0761. The largest absolute Gasteiger partial charge is 0.392 e. The molecule has 0 radical (unpaired) electrons. The average molecular weight is 287 g/mol. The Morgan fingerprint density at radius 2 is 1.89 bits per heavy atom. The number of benzene rings is 1. The van der Waals surface area contributed by atoms with Crippen LogP contribution >= 0.6 is 23.2 Å². The molecule has 2 rings (SSSR count). The Kier molecular flexibility index (Phi) is 4.94. The lowest BCUT2D eigenvalue weighted by Crippen LogP contribution is -2.27. The van der Waals surface area contributed by atoms with Gasteiger partial charge in [-0.2, -0.15) is 0 Å². The highest BCUT2D eigenvalue weighted by Gasteiger charge is 2.25. The highest BCUT2D eigenvalue weighted by atomic mass is 35.5. The van der Waals surface area contributed by atoms with Gasteiger partial charge in [-0.25, -0.2) is 0 Å². The number of aliphatic hydroxyl groups excluding tert-OH is 1. The fourth-order valence-electron chi connectivity index (χ4n) is 2.75. The second kappa shape index (κ2) is 6.27. The first-order valence-corrected chi connectivity index (χ1v) is 7.44. The maximum absolute atomic E-state index is 10.3. The van der Waals surface area contributed by atoms with Crippen LogP contribution in [-0.2, 0) is 6.42 Å². The van der Waals surface area contributed by atoms with Gasteiger partial charge in [-0.15, -0.1) is 0 Å². The van der Waals surface area contributed by atoms with E-state index < -0.39 is 0 Å². The van der Waals surface area contributed by atoms with Crippen LogP contribution in [0, 0.1) is 11.8 Å². The second-order valence-electron chi connectivity index (χ2n) is 5.53. The van der Waals surface area contributed by atoms with Crippen LogP contribution in [0.4, 0.5) is 0 Å². The molecule has 0 spiro atoms. The minimum atomic E-state index is -0.281. The molecule has 100 valence electrons. The molecule has 1 saturated carbocycles. The predicted octanol–water partition coefficient (Wildman–Crippen LogP) is 4.72. The minimum Gasteiger partial charge on any atom is -0.392 e. The summed E-state index contributed by atoms with van der Waals surface area (Å²) in [6.07, 6.45) is 5.08. The van der Waals surface area contributed by atoms with E-state index in [0.717, 1.165) is 24.3 Å². The maximum atomic E-state index is 10.3. The van der Waals surface area contributed by atoms with Crippen molar-refractivity contribution in [3.05, 3.63) is 33.8 Å². The van der Waals surface area contributed by atoms with E-state index in [9.17, 15) is 5.11 Å². The van der Waals surface area contributed by atoms with E-state index >= 15 is 0 Å². The van der Waals surface area contributed by atoms with Crippen LogP contribution in [0.1, 0.15) is 38.2 Å². The SMILES string of the molecule is CC1CCC(C(O)Cc2ccc(Cl)cc2Cl)CC1. The Hall–Kier alpha value is -0.240. The molecule has 1 aromatic rings. The molecule has 1 atom stereocenters. The normalized spacial score (nSPS) is 26.0. The van der Waals surface area contributed by atoms with Crippen LogP contribution in [0.25, 0.3) is 0 Å². The third kappa shape index (κ3) is 3.63. The van der Waals surface area contributed by atoms with Crippen LogP contribution in [-0.4, -0.2) is 11.2 Å². The lowest BCUT2D eigenvalue weighted by atomic mass is 9.79. The van der Waals surface area contributed by atoms with E-state index in [4.69, 9.17) is 23.2 Å². The van der Waals surface area contributed by atoms with Gasteiger partial charge in [-0.3, -0.25) is 0 Å². The summed E-state index contributed by atoms with van der Waals surface area (Å²) in [5.41, 5.74) is 0.993. The Labute approximate surface area is 119 Å². The fourth-order valence-corrected chi connectivity index (χ4v) is 3.24. The maximum Gasteiger partial charge on any atom is 0.0609 e. The summed E-state index contributed by atoms with van der Waals surface area (Å²) in [5.74, 6) is 1.24. The number of aliphatic hydroxyl groups is 1. The third-order valence-electron chi connectivity index (χ3n) is 4.05. The summed E-state index contributed by atoms with van der Waals surface area (Å²) in [7, 11) is 0. The van der Waals surface area contributed by atoms with Crippen LogP contribution < -0.4 is 0 Å². The van der Waals surface area contributed by atoms with Gasteiger partial charge in [0.2, 0.25) is 0 Å². The van der Waals surface area contributed by atoms with Crippen molar-refractivity contribution in [3.63, 3.8) is 0 Å². The number of halogens is 2. The molecule has 1 nitrogen and oxygen atoms in total. The molecule has 3 heteroatoms. The van der Waals surface area contributed by atoms with Gasteiger partial charge in [0.1, 0.15) is 0 Å². The van der Waals surface area contributed by atoms with E-state index in [1.165, 1.54) is 12.8 Å². The van der Waals surface area contributed by atoms with Gasteiger partial charge >= 0.3 is 0 Å². The topological polar surface area (TPSA) is 20.2 Å². The number of hydrogen-bond donors (Lipinski definition) is 1. The summed E-state index contributed by atoms with van der Waals surface area (Å²) >= 11 is 12.0. The van der Waals surface area contributed by atoms with E-state index in [2.05, 4.69) is 6.92 Å². The van der Waals surface area contributed by atoms with Gasteiger partial charge in [0.15, 0.2) is 0 Å². The monoisotopic (exact) mass is 286 g/mol. The smallest absolute Gasteiger partial charge is 0.0609 e. The van der Waals surface area contributed by atoms with E-state index in [1.807, 2.05) is 12.1 Å². The molecule has 18 heavy (non-hydrogen) atoms. The van der Waals surface area contributed by atoms with Crippen molar-refractivity contribution in [3.8, 4) is 0 Å². The molecule has 1 aliphatic rings. The lowest BCUT2D eigenvalue weighted by Gasteiger charge is -2.30. The van der Waals surface area contributed by atoms with E-state index in [0.29, 0.717) is 22.4 Å². The molecular weight excluding hydrogens is 267 g/mol. The van der Waals surface area contributed by atoms with Gasteiger partial charge in [0.25, 0.3) is 0 Å². The Bertz CT molecular complexity index is 397. The summed E-state index contributed by atoms with van der Waals surface area (Å²) in [4.78, 5) is 0. The van der Waals surface area contributed by atoms with Gasteiger partial charge in [0.05, 0.1) is 6.10 Å². The van der Waals surface area contributed by atoms with Crippen molar-refractivity contribution in [2.45, 2.75) is 45.1 Å². The van der Waals surface area contributed by atoms with Gasteiger partial charge in [-0.1, -0.05) is 49.0 Å². The summed E-state index contributed by atoms with van der Waals surface area (Å²) in [6.45, 7) is 2.29. The highest BCUT2D eigenvalue weighted by molar-refractivity contribution is 6.35. The number of hydrogen-bond acceptors (Lipinski definition) is 1. The molecular formula is C15H20Cl2O. The molecule has 1 aromatic carbocycles. The van der Waals surface area contributed by atoms with Crippen LogP contribution in [0.15, 0.2) is 18.2 Å². The summed E-state index contributed by atoms with van der Waals surface area (Å²) < 4.78 is 0. The summed E-state index contributed by atoms with van der Waals surface area (Å²) in [6, 6.07) is 5.49. The predicted molar refractivity (Wildman–Crippen MR) is 77.3 cm³/mol. The molecule has 1 N–H and O–H groups in total. The van der Waals surface area contributed by atoms with Gasteiger partial charge < -0.3 is 5.11 Å². The standard InChI is InChI=1S/C15H20Cl2O/c1-10-2-4-11(5-3-10)15(18)8-12-6-7-13(16)9-14(12)17/h6-7,9-11,15,18H,2-5,8H2,1H3. The van der Waals surface area contributed by atoms with Crippen molar-refractivity contribution in [1.29, 1.82) is 0 Å². The average Bonchev–Trinajstić information content (AvgIpc) is 2.33. The molecule has 1 aliphatic carbocycles.